The highest BCUT2D eigenvalue weighted by molar-refractivity contribution is 5.64. The lowest BCUT2D eigenvalue weighted by atomic mass is 9.82. The molecule has 1 fully saturated rings. The molecule has 2 heteroatoms. The zero-order valence-electron chi connectivity index (χ0n) is 10.3. The van der Waals surface area contributed by atoms with Crippen LogP contribution in [0.2, 0.25) is 0 Å². The van der Waals surface area contributed by atoms with E-state index in [2.05, 4.69) is 28.4 Å². The van der Waals surface area contributed by atoms with Crippen molar-refractivity contribution < 1.29 is 0 Å². The molecule has 1 aliphatic carbocycles. The molecule has 0 aromatic heterocycles. The molecular formula is C15H20N2. The second kappa shape index (κ2) is 3.74. The van der Waals surface area contributed by atoms with Gasteiger partial charge in [-0.1, -0.05) is 24.6 Å². The van der Waals surface area contributed by atoms with Gasteiger partial charge in [0.05, 0.1) is 0 Å². The summed E-state index contributed by atoms with van der Waals surface area (Å²) in [5.74, 6) is 1.79. The zero-order valence-corrected chi connectivity index (χ0v) is 10.3. The lowest BCUT2D eigenvalue weighted by molar-refractivity contribution is 0.454. The summed E-state index contributed by atoms with van der Waals surface area (Å²) < 4.78 is 0. The van der Waals surface area contributed by atoms with Gasteiger partial charge in [-0.15, -0.1) is 0 Å². The van der Waals surface area contributed by atoms with Crippen molar-refractivity contribution in [3.8, 4) is 0 Å². The molecule has 2 aliphatic heterocycles. The normalized spacial score (nSPS) is 30.7. The Morgan fingerprint density at radius 3 is 3.24 bits per heavy atom. The van der Waals surface area contributed by atoms with Crippen molar-refractivity contribution >= 4 is 5.69 Å². The number of benzene rings is 1. The van der Waals surface area contributed by atoms with Crippen molar-refractivity contribution in [1.82, 2.24) is 5.32 Å². The number of nitrogens with zero attached hydrogens (tertiary/aromatic N) is 1. The fraction of sp³-hybridized carbons (Fsp3) is 0.600. The minimum Gasteiger partial charge on any atom is -0.369 e. The van der Waals surface area contributed by atoms with Gasteiger partial charge in [-0.05, 0) is 35.8 Å². The van der Waals surface area contributed by atoms with E-state index in [1.54, 1.807) is 11.3 Å². The van der Waals surface area contributed by atoms with Gasteiger partial charge >= 0.3 is 0 Å². The standard InChI is InChI=1S/C15H20N2/c1-3-11-9-16-7-8-17-10-12-4-2-5-13(12)14(6-1)15(11)17/h1,3,6,12-13,16H,2,4-5,7-10H2. The van der Waals surface area contributed by atoms with E-state index in [9.17, 15) is 0 Å². The predicted molar refractivity (Wildman–Crippen MR) is 70.4 cm³/mol. The Morgan fingerprint density at radius 2 is 2.24 bits per heavy atom. The summed E-state index contributed by atoms with van der Waals surface area (Å²) in [4.78, 5) is 2.65. The molecular weight excluding hydrogens is 208 g/mol. The molecule has 2 nitrogen and oxygen atoms in total. The Kier molecular flexibility index (Phi) is 2.19. The summed E-state index contributed by atoms with van der Waals surface area (Å²) in [6.07, 6.45) is 4.30. The summed E-state index contributed by atoms with van der Waals surface area (Å²) in [5, 5.41) is 3.55. The maximum atomic E-state index is 3.55. The van der Waals surface area contributed by atoms with Gasteiger partial charge in [0, 0.05) is 31.9 Å². The second-order valence-corrected chi connectivity index (χ2v) is 5.78. The Labute approximate surface area is 103 Å². The molecule has 90 valence electrons. The molecule has 0 amide bonds. The van der Waals surface area contributed by atoms with Crippen LogP contribution in [0.4, 0.5) is 5.69 Å². The van der Waals surface area contributed by atoms with E-state index in [4.69, 9.17) is 0 Å². The monoisotopic (exact) mass is 228 g/mol. The van der Waals surface area contributed by atoms with Gasteiger partial charge in [0.15, 0.2) is 0 Å². The molecule has 1 aromatic rings. The van der Waals surface area contributed by atoms with Gasteiger partial charge in [-0.3, -0.25) is 0 Å². The van der Waals surface area contributed by atoms with Gasteiger partial charge in [0.25, 0.3) is 0 Å². The average molecular weight is 228 g/mol. The molecule has 1 aromatic carbocycles. The first-order valence-electron chi connectivity index (χ1n) is 7.01. The lowest BCUT2D eigenvalue weighted by Crippen LogP contribution is -2.38. The van der Waals surface area contributed by atoms with Crippen LogP contribution in [0.25, 0.3) is 0 Å². The molecule has 1 N–H and O–H groups in total. The fourth-order valence-electron chi connectivity index (χ4n) is 4.12. The highest BCUT2D eigenvalue weighted by Crippen LogP contribution is 2.48. The predicted octanol–water partition coefficient (Wildman–Crippen LogP) is 2.49. The fourth-order valence-corrected chi connectivity index (χ4v) is 4.12. The van der Waals surface area contributed by atoms with Gasteiger partial charge in [-0.25, -0.2) is 0 Å². The average Bonchev–Trinajstić information content (AvgIpc) is 2.73. The van der Waals surface area contributed by atoms with Gasteiger partial charge in [-0.2, -0.15) is 0 Å². The van der Waals surface area contributed by atoms with E-state index in [0.29, 0.717) is 0 Å². The smallest absolute Gasteiger partial charge is 0.0447 e. The number of anilines is 1. The Hall–Kier alpha value is -1.02. The molecule has 4 rings (SSSR count). The van der Waals surface area contributed by atoms with E-state index < -0.39 is 0 Å². The Morgan fingerprint density at radius 1 is 1.24 bits per heavy atom. The van der Waals surface area contributed by atoms with Crippen LogP contribution >= 0.6 is 0 Å². The topological polar surface area (TPSA) is 15.3 Å². The van der Waals surface area contributed by atoms with E-state index in [0.717, 1.165) is 24.9 Å². The summed E-state index contributed by atoms with van der Waals surface area (Å²) in [7, 11) is 0. The van der Waals surface area contributed by atoms with Crippen LogP contribution in [0.15, 0.2) is 18.2 Å². The Balaban J connectivity index is 1.88. The number of hydrogen-bond acceptors (Lipinski definition) is 2. The van der Waals surface area contributed by atoms with E-state index in [1.165, 1.54) is 37.9 Å². The van der Waals surface area contributed by atoms with Crippen LogP contribution in [0.1, 0.15) is 36.3 Å². The van der Waals surface area contributed by atoms with Gasteiger partial charge in [0.2, 0.25) is 0 Å². The molecule has 2 unspecified atom stereocenters. The first kappa shape index (κ1) is 9.95. The summed E-state index contributed by atoms with van der Waals surface area (Å²) in [5.41, 5.74) is 4.76. The second-order valence-electron chi connectivity index (χ2n) is 5.78. The first-order chi connectivity index (χ1) is 8.43. The van der Waals surface area contributed by atoms with Gasteiger partial charge in [0.1, 0.15) is 0 Å². The third kappa shape index (κ3) is 1.43. The SMILES string of the molecule is c1cc2c3c(c1)C1CCCC1CN3CCNC2. The van der Waals surface area contributed by atoms with Crippen molar-refractivity contribution in [2.75, 3.05) is 24.5 Å². The number of rotatable bonds is 0. The zero-order chi connectivity index (χ0) is 11.2. The number of hydrogen-bond donors (Lipinski definition) is 1. The molecule has 1 saturated carbocycles. The molecule has 0 spiro atoms. The van der Waals surface area contributed by atoms with Crippen molar-refractivity contribution in [2.45, 2.75) is 31.7 Å². The molecule has 3 aliphatic rings. The highest BCUT2D eigenvalue weighted by atomic mass is 15.2. The van der Waals surface area contributed by atoms with Crippen LogP contribution in [0.5, 0.6) is 0 Å². The van der Waals surface area contributed by atoms with Crippen LogP contribution in [-0.4, -0.2) is 19.6 Å². The summed E-state index contributed by atoms with van der Waals surface area (Å²) in [6.45, 7) is 4.67. The van der Waals surface area contributed by atoms with Crippen molar-refractivity contribution in [3.63, 3.8) is 0 Å². The molecule has 2 heterocycles. The number of para-hydroxylation sites is 1. The van der Waals surface area contributed by atoms with E-state index in [-0.39, 0.29) is 0 Å². The van der Waals surface area contributed by atoms with Crippen LogP contribution in [0, 0.1) is 5.92 Å². The summed E-state index contributed by atoms with van der Waals surface area (Å²) in [6, 6.07) is 6.96. The number of fused-ring (bicyclic) bond motifs is 2. The maximum absolute atomic E-state index is 3.55. The van der Waals surface area contributed by atoms with E-state index >= 15 is 0 Å². The van der Waals surface area contributed by atoms with Crippen LogP contribution < -0.4 is 10.2 Å². The van der Waals surface area contributed by atoms with Crippen molar-refractivity contribution in [2.24, 2.45) is 5.92 Å². The lowest BCUT2D eigenvalue weighted by Gasteiger charge is -2.38. The third-order valence-corrected chi connectivity index (χ3v) is 4.85. The summed E-state index contributed by atoms with van der Waals surface area (Å²) >= 11 is 0. The molecule has 17 heavy (non-hydrogen) atoms. The third-order valence-electron chi connectivity index (χ3n) is 4.85. The van der Waals surface area contributed by atoms with Crippen molar-refractivity contribution in [3.05, 3.63) is 29.3 Å². The quantitative estimate of drug-likeness (QED) is 0.734. The largest absolute Gasteiger partial charge is 0.369 e. The molecule has 2 atom stereocenters. The molecule has 0 radical (unpaired) electrons. The van der Waals surface area contributed by atoms with E-state index in [1.807, 2.05) is 0 Å². The Bertz CT molecular complexity index is 441. The first-order valence-corrected chi connectivity index (χ1v) is 7.01. The maximum Gasteiger partial charge on any atom is 0.0447 e. The molecule has 0 bridgehead atoms. The van der Waals surface area contributed by atoms with Crippen LogP contribution in [0.3, 0.4) is 0 Å². The van der Waals surface area contributed by atoms with Gasteiger partial charge < -0.3 is 10.2 Å². The number of nitrogens with one attached hydrogen (secondary N) is 1. The minimum absolute atomic E-state index is 0.860. The molecule has 0 saturated heterocycles. The van der Waals surface area contributed by atoms with Crippen LogP contribution in [-0.2, 0) is 6.54 Å². The van der Waals surface area contributed by atoms with Crippen molar-refractivity contribution in [1.29, 1.82) is 0 Å². The highest BCUT2D eigenvalue weighted by Gasteiger charge is 2.37. The minimum atomic E-state index is 0.860.